The standard InChI is InChI=1S/C9H15N3O2S/c1-2-3-8(7-15)5-11-6-9(4-10-11)12(13)14/h4,6,8,15H,2-3,5,7H2,1H3. The Morgan fingerprint density at radius 1 is 1.73 bits per heavy atom. The smallest absolute Gasteiger partial charge is 0.265 e. The van der Waals surface area contributed by atoms with Crippen LogP contribution < -0.4 is 0 Å². The number of nitrogens with zero attached hydrogens (tertiary/aromatic N) is 3. The highest BCUT2D eigenvalue weighted by atomic mass is 32.1. The van der Waals surface area contributed by atoms with Gasteiger partial charge in [-0.15, -0.1) is 0 Å². The summed E-state index contributed by atoms with van der Waals surface area (Å²) in [4.78, 5) is 10.0. The molecular formula is C9H15N3O2S. The second kappa shape index (κ2) is 5.75. The lowest BCUT2D eigenvalue weighted by Crippen LogP contribution is -2.12. The molecule has 1 aromatic heterocycles. The van der Waals surface area contributed by atoms with E-state index in [1.807, 2.05) is 0 Å². The molecule has 15 heavy (non-hydrogen) atoms. The Kier molecular flexibility index (Phi) is 4.61. The molecular weight excluding hydrogens is 214 g/mol. The van der Waals surface area contributed by atoms with Gasteiger partial charge in [0.15, 0.2) is 0 Å². The van der Waals surface area contributed by atoms with Gasteiger partial charge in [0.2, 0.25) is 0 Å². The number of thiol groups is 1. The molecule has 5 nitrogen and oxygen atoms in total. The largest absolute Gasteiger partial charge is 0.306 e. The summed E-state index contributed by atoms with van der Waals surface area (Å²) < 4.78 is 1.62. The zero-order valence-electron chi connectivity index (χ0n) is 8.67. The molecule has 6 heteroatoms. The first-order valence-corrected chi connectivity index (χ1v) is 5.58. The van der Waals surface area contributed by atoms with Crippen molar-refractivity contribution in [3.8, 4) is 0 Å². The summed E-state index contributed by atoms with van der Waals surface area (Å²) in [5.41, 5.74) is 0.0458. The van der Waals surface area contributed by atoms with Crippen LogP contribution >= 0.6 is 12.6 Å². The molecule has 0 aromatic carbocycles. The minimum absolute atomic E-state index is 0.0458. The normalized spacial score (nSPS) is 12.7. The first-order valence-electron chi connectivity index (χ1n) is 4.95. The number of nitro groups is 1. The predicted molar refractivity (Wildman–Crippen MR) is 61.1 cm³/mol. The Balaban J connectivity index is 2.59. The van der Waals surface area contributed by atoms with E-state index in [4.69, 9.17) is 0 Å². The van der Waals surface area contributed by atoms with Crippen molar-refractivity contribution in [2.24, 2.45) is 5.92 Å². The lowest BCUT2D eigenvalue weighted by Gasteiger charge is -2.12. The fourth-order valence-electron chi connectivity index (χ4n) is 1.46. The second-order valence-corrected chi connectivity index (χ2v) is 3.88. The summed E-state index contributed by atoms with van der Waals surface area (Å²) in [6.45, 7) is 2.81. The third kappa shape index (κ3) is 3.54. The van der Waals surface area contributed by atoms with Crippen LogP contribution in [0.3, 0.4) is 0 Å². The van der Waals surface area contributed by atoms with Gasteiger partial charge in [0.05, 0.1) is 4.92 Å². The molecule has 0 amide bonds. The minimum atomic E-state index is -0.432. The molecule has 0 radical (unpaired) electrons. The summed E-state index contributed by atoms with van der Waals surface area (Å²) in [6.07, 6.45) is 4.90. The van der Waals surface area contributed by atoms with E-state index in [0.29, 0.717) is 12.5 Å². The lowest BCUT2D eigenvalue weighted by molar-refractivity contribution is -0.385. The molecule has 0 aliphatic heterocycles. The highest BCUT2D eigenvalue weighted by Crippen LogP contribution is 2.13. The Labute approximate surface area is 94.0 Å². The van der Waals surface area contributed by atoms with Crippen molar-refractivity contribution in [2.75, 3.05) is 5.75 Å². The molecule has 1 heterocycles. The maximum Gasteiger partial charge on any atom is 0.306 e. The second-order valence-electron chi connectivity index (χ2n) is 3.51. The van der Waals surface area contributed by atoms with Gasteiger partial charge in [-0.1, -0.05) is 13.3 Å². The van der Waals surface area contributed by atoms with Crippen molar-refractivity contribution in [3.63, 3.8) is 0 Å². The van der Waals surface area contributed by atoms with Crippen LogP contribution in [0, 0.1) is 16.0 Å². The van der Waals surface area contributed by atoms with E-state index >= 15 is 0 Å². The number of rotatable bonds is 6. The van der Waals surface area contributed by atoms with Crippen LogP contribution in [0.15, 0.2) is 12.4 Å². The Bertz CT molecular complexity index is 327. The SMILES string of the molecule is CCCC(CS)Cn1cc([N+](=O)[O-])cn1. The summed E-state index contributed by atoms with van der Waals surface area (Å²) in [7, 11) is 0. The van der Waals surface area contributed by atoms with Gasteiger partial charge in [0.1, 0.15) is 12.4 Å². The fourth-order valence-corrected chi connectivity index (χ4v) is 1.76. The first kappa shape index (κ1) is 12.0. The average molecular weight is 229 g/mol. The van der Waals surface area contributed by atoms with Crippen LogP contribution in [-0.2, 0) is 6.54 Å². The maximum absolute atomic E-state index is 10.4. The van der Waals surface area contributed by atoms with Crippen molar-refractivity contribution < 1.29 is 4.92 Å². The zero-order chi connectivity index (χ0) is 11.3. The van der Waals surface area contributed by atoms with Crippen LogP contribution in [0.1, 0.15) is 19.8 Å². The van der Waals surface area contributed by atoms with Crippen molar-refractivity contribution >= 4 is 18.3 Å². The molecule has 0 aliphatic carbocycles. The Morgan fingerprint density at radius 3 is 2.93 bits per heavy atom. The van der Waals surface area contributed by atoms with Gasteiger partial charge in [-0.05, 0) is 18.1 Å². The Hall–Kier alpha value is -1.04. The average Bonchev–Trinajstić information content (AvgIpc) is 2.65. The van der Waals surface area contributed by atoms with Gasteiger partial charge >= 0.3 is 5.69 Å². The first-order chi connectivity index (χ1) is 7.17. The van der Waals surface area contributed by atoms with Crippen LogP contribution in [0.25, 0.3) is 0 Å². The van der Waals surface area contributed by atoms with E-state index in [1.54, 1.807) is 4.68 Å². The number of hydrogen-bond acceptors (Lipinski definition) is 4. The summed E-state index contributed by atoms with van der Waals surface area (Å²) in [5.74, 6) is 1.21. The maximum atomic E-state index is 10.4. The molecule has 0 fully saturated rings. The molecule has 0 aliphatic rings. The quantitative estimate of drug-likeness (QED) is 0.462. The monoisotopic (exact) mass is 229 g/mol. The molecule has 1 aromatic rings. The number of aromatic nitrogens is 2. The topological polar surface area (TPSA) is 61.0 Å². The van der Waals surface area contributed by atoms with Gasteiger partial charge < -0.3 is 0 Å². The van der Waals surface area contributed by atoms with Crippen LogP contribution in [0.2, 0.25) is 0 Å². The zero-order valence-corrected chi connectivity index (χ0v) is 9.56. The van der Waals surface area contributed by atoms with Crippen LogP contribution in [-0.4, -0.2) is 20.5 Å². The summed E-state index contributed by atoms with van der Waals surface area (Å²) >= 11 is 4.25. The van der Waals surface area contributed by atoms with Crippen molar-refractivity contribution in [1.29, 1.82) is 0 Å². The molecule has 1 atom stereocenters. The van der Waals surface area contributed by atoms with Gasteiger partial charge in [-0.25, -0.2) is 0 Å². The van der Waals surface area contributed by atoms with E-state index < -0.39 is 4.92 Å². The third-order valence-electron chi connectivity index (χ3n) is 2.23. The third-order valence-corrected chi connectivity index (χ3v) is 2.75. The Morgan fingerprint density at radius 2 is 2.47 bits per heavy atom. The van der Waals surface area contributed by atoms with E-state index in [9.17, 15) is 10.1 Å². The highest BCUT2D eigenvalue weighted by molar-refractivity contribution is 7.80. The minimum Gasteiger partial charge on any atom is -0.265 e. The van der Waals surface area contributed by atoms with Gasteiger partial charge in [0, 0.05) is 6.54 Å². The highest BCUT2D eigenvalue weighted by Gasteiger charge is 2.12. The predicted octanol–water partition coefficient (Wildman–Crippen LogP) is 2.14. The summed E-state index contributed by atoms with van der Waals surface area (Å²) in [6, 6.07) is 0. The molecule has 0 saturated heterocycles. The molecule has 1 unspecified atom stereocenters. The van der Waals surface area contributed by atoms with Gasteiger partial charge in [-0.2, -0.15) is 17.7 Å². The van der Waals surface area contributed by atoms with Crippen LogP contribution in [0.4, 0.5) is 5.69 Å². The molecule has 0 bridgehead atoms. The fraction of sp³-hybridized carbons (Fsp3) is 0.667. The molecule has 0 N–H and O–H groups in total. The van der Waals surface area contributed by atoms with Gasteiger partial charge in [-0.3, -0.25) is 14.8 Å². The molecule has 0 spiro atoms. The van der Waals surface area contributed by atoms with E-state index in [0.717, 1.165) is 18.6 Å². The van der Waals surface area contributed by atoms with Crippen LogP contribution in [0.5, 0.6) is 0 Å². The van der Waals surface area contributed by atoms with Crippen molar-refractivity contribution in [2.45, 2.75) is 26.3 Å². The number of hydrogen-bond donors (Lipinski definition) is 1. The van der Waals surface area contributed by atoms with Gasteiger partial charge in [0.25, 0.3) is 0 Å². The molecule has 1 rings (SSSR count). The molecule has 84 valence electrons. The molecule has 0 saturated carbocycles. The van der Waals surface area contributed by atoms with E-state index in [2.05, 4.69) is 24.7 Å². The van der Waals surface area contributed by atoms with E-state index in [1.165, 1.54) is 12.4 Å². The lowest BCUT2D eigenvalue weighted by atomic mass is 10.1. The van der Waals surface area contributed by atoms with Crippen molar-refractivity contribution in [1.82, 2.24) is 9.78 Å². The van der Waals surface area contributed by atoms with E-state index in [-0.39, 0.29) is 5.69 Å². The summed E-state index contributed by atoms with van der Waals surface area (Å²) in [5, 5.41) is 14.4. The van der Waals surface area contributed by atoms with Crippen molar-refractivity contribution in [3.05, 3.63) is 22.5 Å².